The molecule has 0 bridgehead atoms. The molecule has 10 heteroatoms. The number of carbonyl (C=O) groups is 3. The van der Waals surface area contributed by atoms with E-state index in [9.17, 15) is 24.6 Å². The molecule has 2 amide bonds. The van der Waals surface area contributed by atoms with Gasteiger partial charge < -0.3 is 34.6 Å². The van der Waals surface area contributed by atoms with Gasteiger partial charge in [0.1, 0.15) is 35.4 Å². The Bertz CT molecular complexity index is 1580. The minimum atomic E-state index is -1.23. The summed E-state index contributed by atoms with van der Waals surface area (Å²) in [6.07, 6.45) is 8.22. The lowest BCUT2D eigenvalue weighted by Gasteiger charge is -2.41. The molecule has 2 aliphatic heterocycles. The van der Waals surface area contributed by atoms with Crippen molar-refractivity contribution in [3.63, 3.8) is 0 Å². The summed E-state index contributed by atoms with van der Waals surface area (Å²) < 4.78 is 17.2. The second-order valence-electron chi connectivity index (χ2n) is 11.1. The van der Waals surface area contributed by atoms with Crippen LogP contribution in [0.2, 0.25) is 0 Å². The van der Waals surface area contributed by atoms with E-state index >= 15 is 0 Å². The summed E-state index contributed by atoms with van der Waals surface area (Å²) in [5.74, 6) is -1.51. The van der Waals surface area contributed by atoms with Crippen molar-refractivity contribution in [2.45, 2.75) is 36.7 Å². The maximum absolute atomic E-state index is 14.3. The molecule has 2 heterocycles. The number of esters is 1. The van der Waals surface area contributed by atoms with Crippen molar-refractivity contribution < 1.29 is 38.8 Å². The van der Waals surface area contributed by atoms with Gasteiger partial charge in [-0.2, -0.15) is 0 Å². The standard InChI is InChI=1S/C34H34N2O8/c1-42-22-9-6-7-20(17-22)13-15-36(33(40)25-18-21-8-2-4-11-27(21)44-34(25)41)26-19-24(32(39)35-14-16-37)29-23-10-3-5-12-28(23)43-31(29)30(26)38/h2-12,17-19,21,26-27,29-31,37-38H,13-16H2,1H3,(H,35,39)/t21?,26-,27?,29+,30+,31+/m1/s1. The molecular weight excluding hydrogens is 564 g/mol. The SMILES string of the molecule is COc1cccc(CCN(C(=O)C2=CC3C=CC=CC3OC2=O)[C@@H]2C=C(C(=O)NCCO)[C@@H]3c4ccccc4O[C@@H]3[C@H]2O)c1. The first-order chi connectivity index (χ1) is 21.4. The van der Waals surface area contributed by atoms with Crippen LogP contribution in [0.25, 0.3) is 0 Å². The Labute approximate surface area is 254 Å². The van der Waals surface area contributed by atoms with E-state index in [2.05, 4.69) is 5.32 Å². The molecule has 0 radical (unpaired) electrons. The molecule has 228 valence electrons. The summed E-state index contributed by atoms with van der Waals surface area (Å²) in [6, 6.07) is 13.7. The van der Waals surface area contributed by atoms with Crippen molar-refractivity contribution in [3.05, 3.63) is 107 Å². The van der Waals surface area contributed by atoms with E-state index in [0.717, 1.165) is 11.1 Å². The van der Waals surface area contributed by atoms with Gasteiger partial charge in [-0.1, -0.05) is 54.6 Å². The summed E-state index contributed by atoms with van der Waals surface area (Å²) in [6.45, 7) is -0.112. The number of amides is 2. The van der Waals surface area contributed by atoms with Crippen molar-refractivity contribution >= 4 is 17.8 Å². The number of nitrogens with one attached hydrogen (secondary N) is 1. The maximum atomic E-state index is 14.3. The monoisotopic (exact) mass is 598 g/mol. The van der Waals surface area contributed by atoms with Crippen molar-refractivity contribution in [2.24, 2.45) is 5.92 Å². The highest BCUT2D eigenvalue weighted by Gasteiger charge is 2.51. The zero-order valence-electron chi connectivity index (χ0n) is 24.2. The fourth-order valence-corrected chi connectivity index (χ4v) is 6.29. The Morgan fingerprint density at radius 2 is 1.86 bits per heavy atom. The minimum Gasteiger partial charge on any atom is -0.497 e. The molecule has 6 atom stereocenters. The van der Waals surface area contributed by atoms with Crippen molar-refractivity contribution in [1.29, 1.82) is 0 Å². The summed E-state index contributed by atoms with van der Waals surface area (Å²) in [7, 11) is 1.57. The van der Waals surface area contributed by atoms with Gasteiger partial charge in [0.2, 0.25) is 5.91 Å². The van der Waals surface area contributed by atoms with Crippen LogP contribution in [0.4, 0.5) is 0 Å². The van der Waals surface area contributed by atoms with E-state index in [1.165, 1.54) is 4.90 Å². The molecule has 0 aromatic heterocycles. The number of aliphatic hydroxyl groups is 2. The number of benzene rings is 2. The molecule has 0 saturated heterocycles. The summed E-state index contributed by atoms with van der Waals surface area (Å²) in [5, 5.41) is 23.9. The second-order valence-corrected chi connectivity index (χ2v) is 11.1. The summed E-state index contributed by atoms with van der Waals surface area (Å²) >= 11 is 0. The van der Waals surface area contributed by atoms with Gasteiger partial charge in [-0.05, 0) is 42.3 Å². The average molecular weight is 599 g/mol. The number of hydrogen-bond acceptors (Lipinski definition) is 8. The van der Waals surface area contributed by atoms with Crippen molar-refractivity contribution in [3.8, 4) is 11.5 Å². The Morgan fingerprint density at radius 1 is 1.05 bits per heavy atom. The van der Waals surface area contributed by atoms with Gasteiger partial charge in [-0.3, -0.25) is 9.59 Å². The van der Waals surface area contributed by atoms with Crippen LogP contribution in [0.15, 0.2) is 96.1 Å². The van der Waals surface area contributed by atoms with Crippen LogP contribution < -0.4 is 14.8 Å². The lowest BCUT2D eigenvalue weighted by Crippen LogP contribution is -2.57. The number of aliphatic hydroxyl groups excluding tert-OH is 2. The van der Waals surface area contributed by atoms with Gasteiger partial charge in [-0.25, -0.2) is 4.79 Å². The maximum Gasteiger partial charge on any atom is 0.344 e. The molecule has 3 N–H and O–H groups in total. The molecule has 44 heavy (non-hydrogen) atoms. The Balaban J connectivity index is 1.40. The van der Waals surface area contributed by atoms with Crippen LogP contribution in [-0.4, -0.2) is 84.1 Å². The average Bonchev–Trinajstić information content (AvgIpc) is 3.44. The number of hydrogen-bond donors (Lipinski definition) is 3. The molecule has 0 saturated carbocycles. The first kappa shape index (κ1) is 29.4. The normalized spacial score (nSPS) is 26.2. The van der Waals surface area contributed by atoms with Crippen LogP contribution in [0.1, 0.15) is 17.0 Å². The zero-order valence-corrected chi connectivity index (χ0v) is 24.2. The molecule has 0 spiro atoms. The van der Waals surface area contributed by atoms with Crippen LogP contribution >= 0.6 is 0 Å². The van der Waals surface area contributed by atoms with E-state index in [-0.39, 0.29) is 31.2 Å². The van der Waals surface area contributed by atoms with E-state index in [0.29, 0.717) is 23.5 Å². The lowest BCUT2D eigenvalue weighted by molar-refractivity contribution is -0.148. The van der Waals surface area contributed by atoms with Crippen LogP contribution in [0, 0.1) is 5.92 Å². The van der Waals surface area contributed by atoms with E-state index in [4.69, 9.17) is 14.2 Å². The largest absolute Gasteiger partial charge is 0.497 e. The Kier molecular flexibility index (Phi) is 8.36. The lowest BCUT2D eigenvalue weighted by atomic mass is 9.77. The number of fused-ring (bicyclic) bond motifs is 4. The minimum absolute atomic E-state index is 0.0328. The molecule has 4 aliphatic rings. The smallest absolute Gasteiger partial charge is 0.344 e. The van der Waals surface area contributed by atoms with Crippen LogP contribution in [-0.2, 0) is 25.5 Å². The molecule has 2 unspecified atom stereocenters. The highest BCUT2D eigenvalue weighted by molar-refractivity contribution is 6.17. The van der Waals surface area contributed by atoms with Crippen LogP contribution in [0.5, 0.6) is 11.5 Å². The van der Waals surface area contributed by atoms with Crippen molar-refractivity contribution in [1.82, 2.24) is 10.2 Å². The highest BCUT2D eigenvalue weighted by atomic mass is 16.5. The molecular formula is C34H34N2O8. The zero-order chi connectivity index (χ0) is 30.8. The summed E-state index contributed by atoms with van der Waals surface area (Å²) in [4.78, 5) is 42.3. The van der Waals surface area contributed by atoms with Gasteiger partial charge in [0, 0.05) is 30.1 Å². The number of para-hydroxylation sites is 1. The third-order valence-electron chi connectivity index (χ3n) is 8.45. The molecule has 2 aromatic carbocycles. The van der Waals surface area contributed by atoms with Gasteiger partial charge >= 0.3 is 5.97 Å². The number of methoxy groups -OCH3 is 1. The number of nitrogens with zero attached hydrogens (tertiary/aromatic N) is 1. The fraction of sp³-hybridized carbons (Fsp3) is 0.324. The topological polar surface area (TPSA) is 135 Å². The van der Waals surface area contributed by atoms with E-state index in [1.54, 1.807) is 37.5 Å². The number of carbonyl (C=O) groups excluding carboxylic acids is 3. The van der Waals surface area contributed by atoms with E-state index in [1.807, 2.05) is 54.6 Å². The predicted octanol–water partition coefficient (Wildman–Crippen LogP) is 1.98. The molecule has 6 rings (SSSR count). The summed E-state index contributed by atoms with van der Waals surface area (Å²) in [5.41, 5.74) is 1.79. The number of rotatable bonds is 9. The Hall–Kier alpha value is -4.67. The fourth-order valence-electron chi connectivity index (χ4n) is 6.29. The predicted molar refractivity (Wildman–Crippen MR) is 160 cm³/mol. The first-order valence-electron chi connectivity index (χ1n) is 14.7. The second kappa shape index (κ2) is 12.5. The van der Waals surface area contributed by atoms with E-state index < -0.39 is 48.1 Å². The van der Waals surface area contributed by atoms with Gasteiger partial charge in [0.15, 0.2) is 0 Å². The molecule has 10 nitrogen and oxygen atoms in total. The molecule has 2 aromatic rings. The third-order valence-corrected chi connectivity index (χ3v) is 8.45. The third kappa shape index (κ3) is 5.54. The van der Waals surface area contributed by atoms with Crippen LogP contribution in [0.3, 0.4) is 0 Å². The van der Waals surface area contributed by atoms with Crippen molar-refractivity contribution in [2.75, 3.05) is 26.8 Å². The number of allylic oxidation sites excluding steroid dienone is 2. The number of ether oxygens (including phenoxy) is 3. The molecule has 2 aliphatic carbocycles. The van der Waals surface area contributed by atoms with Gasteiger partial charge in [0.05, 0.1) is 25.7 Å². The molecule has 0 fully saturated rings. The Morgan fingerprint density at radius 3 is 2.68 bits per heavy atom. The highest BCUT2D eigenvalue weighted by Crippen LogP contribution is 2.47. The quantitative estimate of drug-likeness (QED) is 0.295. The van der Waals surface area contributed by atoms with Gasteiger partial charge in [-0.15, -0.1) is 0 Å². The first-order valence-corrected chi connectivity index (χ1v) is 14.7. The van der Waals surface area contributed by atoms with Gasteiger partial charge in [0.25, 0.3) is 5.91 Å².